The van der Waals surface area contributed by atoms with Gasteiger partial charge in [0, 0.05) is 24.2 Å². The first kappa shape index (κ1) is 21.4. The van der Waals surface area contributed by atoms with Gasteiger partial charge in [-0.1, -0.05) is 0 Å². The first-order valence-corrected chi connectivity index (χ1v) is 9.35. The largest absolute Gasteiger partial charge is 0.497 e. The number of nitrogens with one attached hydrogen (secondary N) is 1. The molecule has 9 heteroatoms. The van der Waals surface area contributed by atoms with E-state index >= 15 is 0 Å². The van der Waals surface area contributed by atoms with Crippen LogP contribution in [0.5, 0.6) is 11.5 Å². The molecule has 30 heavy (non-hydrogen) atoms. The van der Waals surface area contributed by atoms with Gasteiger partial charge >= 0.3 is 0 Å². The lowest BCUT2D eigenvalue weighted by Gasteiger charge is -2.12. The monoisotopic (exact) mass is 426 g/mol. The quantitative estimate of drug-likeness (QED) is 0.659. The molecule has 1 aliphatic rings. The molecule has 2 aromatic heterocycles. The highest BCUT2D eigenvalue weighted by atomic mass is 35.5. The van der Waals surface area contributed by atoms with Gasteiger partial charge < -0.3 is 20.5 Å². The van der Waals surface area contributed by atoms with Crippen LogP contribution in [-0.2, 0) is 13.1 Å². The van der Waals surface area contributed by atoms with E-state index in [4.69, 9.17) is 20.3 Å². The third-order valence-electron chi connectivity index (χ3n) is 5.01. The Morgan fingerprint density at radius 3 is 2.70 bits per heavy atom. The summed E-state index contributed by atoms with van der Waals surface area (Å²) in [5, 5.41) is 17.8. The molecule has 4 rings (SSSR count). The molecule has 156 valence electrons. The van der Waals surface area contributed by atoms with Gasteiger partial charge in [-0.2, -0.15) is 10.4 Å². The molecule has 0 saturated heterocycles. The number of methoxy groups -OCH3 is 2. The van der Waals surface area contributed by atoms with Crippen LogP contribution in [0.2, 0.25) is 0 Å². The minimum atomic E-state index is 0. The molecule has 0 amide bonds. The summed E-state index contributed by atoms with van der Waals surface area (Å²) in [4.78, 5) is 4.45. The molecular formula is C21H23ClN6O2. The lowest BCUT2D eigenvalue weighted by Crippen LogP contribution is -2.11. The minimum Gasteiger partial charge on any atom is -0.497 e. The van der Waals surface area contributed by atoms with E-state index in [1.807, 2.05) is 35.0 Å². The summed E-state index contributed by atoms with van der Waals surface area (Å²) in [5.74, 6) is 1.47. The number of hydrogen-bond acceptors (Lipinski definition) is 7. The van der Waals surface area contributed by atoms with Gasteiger partial charge in [-0.05, 0) is 43.3 Å². The van der Waals surface area contributed by atoms with E-state index in [0.717, 1.165) is 37.3 Å². The van der Waals surface area contributed by atoms with Crippen molar-refractivity contribution in [2.75, 3.05) is 26.5 Å². The first-order valence-electron chi connectivity index (χ1n) is 9.35. The average molecular weight is 427 g/mol. The summed E-state index contributed by atoms with van der Waals surface area (Å²) >= 11 is 0. The van der Waals surface area contributed by atoms with Gasteiger partial charge in [-0.15, -0.1) is 12.4 Å². The third kappa shape index (κ3) is 3.90. The smallest absolute Gasteiger partial charge is 0.142 e. The number of fused-ring (bicyclic) bond motifs is 1. The van der Waals surface area contributed by atoms with Crippen LogP contribution in [0.25, 0.3) is 22.5 Å². The van der Waals surface area contributed by atoms with E-state index in [1.165, 1.54) is 0 Å². The van der Waals surface area contributed by atoms with Crippen molar-refractivity contribution in [2.45, 2.75) is 19.5 Å². The van der Waals surface area contributed by atoms with Crippen molar-refractivity contribution in [3.8, 4) is 40.1 Å². The number of ether oxygens (including phenoxy) is 2. The maximum absolute atomic E-state index is 9.69. The standard InChI is InChI=1S/C21H22N6O2.ClH/c1-28-14-4-5-20(29-2)16(9-14)18-10-15(17(11-22)21(23)25-18)19-8-13-12-24-6-3-7-27(13)26-19;/h4-5,8-10,24H,3,6-7,12H2,1-2H3,(H2,23,25);1H. The normalized spacial score (nSPS) is 12.8. The SMILES string of the molecule is COc1ccc(OC)c(-c2cc(-c3cc4n(n3)CCCNC4)c(C#N)c(N)n2)c1.Cl. The molecule has 3 aromatic rings. The number of rotatable bonds is 4. The highest BCUT2D eigenvalue weighted by Gasteiger charge is 2.20. The number of aromatic nitrogens is 3. The topological polar surface area (TPSA) is 111 Å². The second-order valence-corrected chi connectivity index (χ2v) is 6.77. The number of nitrogen functional groups attached to an aromatic ring is 1. The molecule has 1 aliphatic heterocycles. The Hall–Kier alpha value is -3.28. The zero-order valence-electron chi connectivity index (χ0n) is 16.8. The van der Waals surface area contributed by atoms with Crippen LogP contribution < -0.4 is 20.5 Å². The van der Waals surface area contributed by atoms with Crippen LogP contribution in [0.3, 0.4) is 0 Å². The van der Waals surface area contributed by atoms with Crippen molar-refractivity contribution in [3.05, 3.63) is 41.6 Å². The van der Waals surface area contributed by atoms with E-state index in [1.54, 1.807) is 14.2 Å². The van der Waals surface area contributed by atoms with Crippen molar-refractivity contribution in [2.24, 2.45) is 0 Å². The second kappa shape index (κ2) is 9.03. The van der Waals surface area contributed by atoms with Crippen molar-refractivity contribution in [1.29, 1.82) is 5.26 Å². The summed E-state index contributed by atoms with van der Waals surface area (Å²) in [6.07, 6.45) is 1.00. The number of aryl methyl sites for hydroxylation is 1. The number of pyridine rings is 1. The average Bonchev–Trinajstić information content (AvgIpc) is 3.02. The second-order valence-electron chi connectivity index (χ2n) is 6.77. The lowest BCUT2D eigenvalue weighted by molar-refractivity contribution is 0.404. The van der Waals surface area contributed by atoms with Gasteiger partial charge in [-0.3, -0.25) is 4.68 Å². The molecular weight excluding hydrogens is 404 g/mol. The Labute approximate surface area is 181 Å². The number of hydrogen-bond donors (Lipinski definition) is 2. The summed E-state index contributed by atoms with van der Waals surface area (Å²) in [7, 11) is 3.20. The number of benzene rings is 1. The predicted octanol–water partition coefficient (Wildman–Crippen LogP) is 3.00. The molecule has 0 bridgehead atoms. The van der Waals surface area contributed by atoms with Crippen molar-refractivity contribution in [1.82, 2.24) is 20.1 Å². The molecule has 0 radical (unpaired) electrons. The Balaban J connectivity index is 0.00000256. The summed E-state index contributed by atoms with van der Waals surface area (Å²) < 4.78 is 12.8. The molecule has 0 aliphatic carbocycles. The molecule has 3 N–H and O–H groups in total. The zero-order valence-corrected chi connectivity index (χ0v) is 17.6. The molecule has 0 atom stereocenters. The van der Waals surface area contributed by atoms with Crippen molar-refractivity contribution in [3.63, 3.8) is 0 Å². The van der Waals surface area contributed by atoms with Gasteiger partial charge in [-0.25, -0.2) is 4.98 Å². The molecule has 0 saturated carbocycles. The zero-order chi connectivity index (χ0) is 20.4. The number of halogens is 1. The highest BCUT2D eigenvalue weighted by molar-refractivity contribution is 5.85. The third-order valence-corrected chi connectivity index (χ3v) is 5.01. The molecule has 3 heterocycles. The van der Waals surface area contributed by atoms with Crippen molar-refractivity contribution < 1.29 is 9.47 Å². The van der Waals surface area contributed by atoms with Crippen LogP contribution in [0, 0.1) is 11.3 Å². The van der Waals surface area contributed by atoms with Crippen LogP contribution in [0.4, 0.5) is 5.82 Å². The maximum atomic E-state index is 9.69. The van der Waals surface area contributed by atoms with E-state index in [9.17, 15) is 5.26 Å². The fraction of sp³-hybridized carbons (Fsp3) is 0.286. The fourth-order valence-corrected chi connectivity index (χ4v) is 3.53. The summed E-state index contributed by atoms with van der Waals surface area (Å²) in [6, 6.07) is 11.5. The summed E-state index contributed by atoms with van der Waals surface area (Å²) in [5.41, 5.74) is 10.2. The van der Waals surface area contributed by atoms with Crippen molar-refractivity contribution >= 4 is 18.2 Å². The number of nitrogens with zero attached hydrogens (tertiary/aromatic N) is 4. The fourth-order valence-electron chi connectivity index (χ4n) is 3.53. The van der Waals surface area contributed by atoms with Crippen LogP contribution in [0.15, 0.2) is 30.3 Å². The van der Waals surface area contributed by atoms with E-state index in [2.05, 4.69) is 16.4 Å². The van der Waals surface area contributed by atoms with Gasteiger partial charge in [0.2, 0.25) is 0 Å². The Bertz CT molecular complexity index is 1080. The Kier molecular flexibility index (Phi) is 6.45. The van der Waals surface area contributed by atoms with E-state index in [0.29, 0.717) is 34.0 Å². The number of anilines is 1. The number of nitrogens with two attached hydrogens (primary N) is 1. The summed E-state index contributed by atoms with van der Waals surface area (Å²) in [6.45, 7) is 2.54. The molecule has 0 spiro atoms. The van der Waals surface area contributed by atoms with Crippen LogP contribution >= 0.6 is 12.4 Å². The molecule has 0 fully saturated rings. The van der Waals surface area contributed by atoms with Gasteiger partial charge in [0.1, 0.15) is 28.9 Å². The van der Waals surface area contributed by atoms with Gasteiger partial charge in [0.05, 0.1) is 31.3 Å². The predicted molar refractivity (Wildman–Crippen MR) is 117 cm³/mol. The first-order chi connectivity index (χ1) is 14.1. The molecule has 1 aromatic carbocycles. The molecule has 8 nitrogen and oxygen atoms in total. The van der Waals surface area contributed by atoms with Gasteiger partial charge in [0.25, 0.3) is 0 Å². The highest BCUT2D eigenvalue weighted by Crippen LogP contribution is 2.36. The Morgan fingerprint density at radius 1 is 1.13 bits per heavy atom. The van der Waals surface area contributed by atoms with E-state index < -0.39 is 0 Å². The van der Waals surface area contributed by atoms with Crippen LogP contribution in [0.1, 0.15) is 17.7 Å². The Morgan fingerprint density at radius 2 is 1.97 bits per heavy atom. The lowest BCUT2D eigenvalue weighted by atomic mass is 10.0. The maximum Gasteiger partial charge on any atom is 0.142 e. The molecule has 0 unspecified atom stereocenters. The minimum absolute atomic E-state index is 0. The van der Waals surface area contributed by atoms with Gasteiger partial charge in [0.15, 0.2) is 0 Å². The van der Waals surface area contributed by atoms with E-state index in [-0.39, 0.29) is 18.2 Å². The van der Waals surface area contributed by atoms with Crippen LogP contribution in [-0.4, -0.2) is 35.5 Å². The number of nitriles is 1.